The van der Waals surface area contributed by atoms with E-state index in [1.54, 1.807) is 4.68 Å². The van der Waals surface area contributed by atoms with Crippen LogP contribution in [0.5, 0.6) is 0 Å². The molecule has 7 nitrogen and oxygen atoms in total. The van der Waals surface area contributed by atoms with Crippen LogP contribution >= 0.6 is 0 Å². The number of carbonyl (C=O) groups excluding carboxylic acids is 2. The Labute approximate surface area is 129 Å². The third kappa shape index (κ3) is 3.81. The van der Waals surface area contributed by atoms with E-state index in [2.05, 4.69) is 15.6 Å². The Morgan fingerprint density at radius 1 is 1.32 bits per heavy atom. The van der Waals surface area contributed by atoms with Crippen LogP contribution in [0.2, 0.25) is 0 Å². The summed E-state index contributed by atoms with van der Waals surface area (Å²) < 4.78 is 1.56. The number of hydrogen-bond acceptors (Lipinski definition) is 4. The average molecular weight is 303 g/mol. The molecule has 0 atom stereocenters. The van der Waals surface area contributed by atoms with Gasteiger partial charge in [-0.2, -0.15) is 0 Å². The molecule has 2 rings (SSSR count). The first kappa shape index (κ1) is 15.9. The van der Waals surface area contributed by atoms with Crippen molar-refractivity contribution >= 4 is 22.8 Å². The molecule has 0 aliphatic rings. The number of hydrogen-bond donors (Lipinski definition) is 1. The highest BCUT2D eigenvalue weighted by molar-refractivity contribution is 5.85. The fraction of sp³-hybridized carbons (Fsp3) is 0.467. The molecule has 118 valence electrons. The maximum atomic E-state index is 12.4. The number of nitrogens with one attached hydrogen (secondary N) is 1. The topological polar surface area (TPSA) is 80.1 Å². The van der Waals surface area contributed by atoms with Crippen molar-refractivity contribution in [3.63, 3.8) is 0 Å². The molecule has 2 amide bonds. The Balaban J connectivity index is 2.04. The van der Waals surface area contributed by atoms with E-state index in [1.165, 1.54) is 4.90 Å². The molecule has 7 heteroatoms. The van der Waals surface area contributed by atoms with Crippen LogP contribution in [0.1, 0.15) is 20.8 Å². The number of amides is 2. The van der Waals surface area contributed by atoms with Crippen LogP contribution in [0.25, 0.3) is 11.0 Å². The molecule has 2 aromatic rings. The molecule has 22 heavy (non-hydrogen) atoms. The first-order chi connectivity index (χ1) is 10.5. The number of aromatic nitrogens is 3. The van der Waals surface area contributed by atoms with Crippen molar-refractivity contribution < 1.29 is 9.59 Å². The average Bonchev–Trinajstić information content (AvgIpc) is 2.87. The number of para-hydroxylation sites is 1. The summed E-state index contributed by atoms with van der Waals surface area (Å²) in [6.07, 6.45) is 0. The zero-order valence-electron chi connectivity index (χ0n) is 13.1. The van der Waals surface area contributed by atoms with Gasteiger partial charge in [0.05, 0.1) is 12.1 Å². The van der Waals surface area contributed by atoms with Gasteiger partial charge in [0.15, 0.2) is 0 Å². The van der Waals surface area contributed by atoms with E-state index in [0.29, 0.717) is 6.54 Å². The number of carbonyl (C=O) groups is 2. The van der Waals surface area contributed by atoms with Crippen molar-refractivity contribution in [3.05, 3.63) is 24.3 Å². The summed E-state index contributed by atoms with van der Waals surface area (Å²) in [4.78, 5) is 25.7. The standard InChI is InChI=1S/C15H21N5O2/c1-4-19(9-14(21)16-11(2)3)15(22)10-20-13-8-6-5-7-12(13)17-18-20/h5-8,11H,4,9-10H2,1-3H3,(H,16,21). The first-order valence-electron chi connectivity index (χ1n) is 7.36. The van der Waals surface area contributed by atoms with Gasteiger partial charge in [0.1, 0.15) is 12.1 Å². The van der Waals surface area contributed by atoms with E-state index in [4.69, 9.17) is 0 Å². The van der Waals surface area contributed by atoms with Crippen molar-refractivity contribution in [3.8, 4) is 0 Å². The molecule has 0 aliphatic carbocycles. The van der Waals surface area contributed by atoms with Gasteiger partial charge in [0.25, 0.3) is 0 Å². The molecule has 1 aromatic heterocycles. The van der Waals surface area contributed by atoms with Gasteiger partial charge < -0.3 is 10.2 Å². The number of fused-ring (bicyclic) bond motifs is 1. The molecule has 0 saturated heterocycles. The van der Waals surface area contributed by atoms with Gasteiger partial charge in [-0.15, -0.1) is 5.10 Å². The zero-order chi connectivity index (χ0) is 16.1. The summed E-state index contributed by atoms with van der Waals surface area (Å²) in [5.41, 5.74) is 1.55. The predicted molar refractivity (Wildman–Crippen MR) is 83.1 cm³/mol. The normalized spacial score (nSPS) is 10.9. The minimum absolute atomic E-state index is 0.0557. The van der Waals surface area contributed by atoms with Crippen LogP contribution in [-0.4, -0.2) is 50.8 Å². The minimum atomic E-state index is -0.159. The largest absolute Gasteiger partial charge is 0.352 e. The van der Waals surface area contributed by atoms with Crippen LogP contribution in [0.4, 0.5) is 0 Å². The highest BCUT2D eigenvalue weighted by Gasteiger charge is 2.17. The fourth-order valence-corrected chi connectivity index (χ4v) is 2.18. The molecule has 0 radical (unpaired) electrons. The smallest absolute Gasteiger partial charge is 0.244 e. The van der Waals surface area contributed by atoms with Gasteiger partial charge in [0.2, 0.25) is 11.8 Å². The minimum Gasteiger partial charge on any atom is -0.352 e. The van der Waals surface area contributed by atoms with Crippen molar-refractivity contribution in [1.82, 2.24) is 25.2 Å². The predicted octanol–water partition coefficient (Wildman–Crippen LogP) is 0.804. The van der Waals surface area contributed by atoms with Crippen molar-refractivity contribution in [1.29, 1.82) is 0 Å². The zero-order valence-corrected chi connectivity index (χ0v) is 13.1. The van der Waals surface area contributed by atoms with E-state index in [0.717, 1.165) is 11.0 Å². The van der Waals surface area contributed by atoms with E-state index < -0.39 is 0 Å². The number of rotatable bonds is 6. The van der Waals surface area contributed by atoms with Crippen LogP contribution in [0.15, 0.2) is 24.3 Å². The second-order valence-corrected chi connectivity index (χ2v) is 5.37. The molecule has 1 aromatic carbocycles. The summed E-state index contributed by atoms with van der Waals surface area (Å²) in [5, 5.41) is 10.8. The maximum Gasteiger partial charge on any atom is 0.244 e. The lowest BCUT2D eigenvalue weighted by molar-refractivity contribution is -0.136. The van der Waals surface area contributed by atoms with Gasteiger partial charge in [-0.1, -0.05) is 17.3 Å². The van der Waals surface area contributed by atoms with E-state index in [-0.39, 0.29) is 30.9 Å². The molecular weight excluding hydrogens is 282 g/mol. The van der Waals surface area contributed by atoms with Gasteiger partial charge in [-0.05, 0) is 32.9 Å². The Morgan fingerprint density at radius 2 is 2.05 bits per heavy atom. The molecular formula is C15H21N5O2. The van der Waals surface area contributed by atoms with Crippen LogP contribution < -0.4 is 5.32 Å². The lowest BCUT2D eigenvalue weighted by atomic mass is 10.3. The second-order valence-electron chi connectivity index (χ2n) is 5.37. The summed E-state index contributed by atoms with van der Waals surface area (Å²) >= 11 is 0. The molecule has 0 aliphatic heterocycles. The Hall–Kier alpha value is -2.44. The highest BCUT2D eigenvalue weighted by Crippen LogP contribution is 2.09. The molecule has 0 saturated carbocycles. The molecule has 1 N–H and O–H groups in total. The number of benzene rings is 1. The third-order valence-electron chi connectivity index (χ3n) is 3.22. The fourth-order valence-electron chi connectivity index (χ4n) is 2.18. The number of nitrogens with zero attached hydrogens (tertiary/aromatic N) is 4. The quantitative estimate of drug-likeness (QED) is 0.856. The van der Waals surface area contributed by atoms with Gasteiger partial charge >= 0.3 is 0 Å². The Morgan fingerprint density at radius 3 is 2.73 bits per heavy atom. The van der Waals surface area contributed by atoms with Crippen molar-refractivity contribution in [2.45, 2.75) is 33.4 Å². The number of likely N-dealkylation sites (N-methyl/N-ethyl adjacent to an activating group) is 1. The summed E-state index contributed by atoms with van der Waals surface area (Å²) in [6.45, 7) is 6.22. The molecule has 0 fully saturated rings. The molecule has 0 unspecified atom stereocenters. The third-order valence-corrected chi connectivity index (χ3v) is 3.22. The monoisotopic (exact) mass is 303 g/mol. The van der Waals surface area contributed by atoms with E-state index >= 15 is 0 Å². The van der Waals surface area contributed by atoms with Crippen LogP contribution in [0.3, 0.4) is 0 Å². The Bertz CT molecular complexity index is 665. The first-order valence-corrected chi connectivity index (χ1v) is 7.36. The second kappa shape index (κ2) is 7.02. The SMILES string of the molecule is CCN(CC(=O)NC(C)C)C(=O)Cn1nnc2ccccc21. The van der Waals surface area contributed by atoms with Crippen LogP contribution in [0, 0.1) is 0 Å². The molecule has 0 spiro atoms. The maximum absolute atomic E-state index is 12.4. The van der Waals surface area contributed by atoms with Gasteiger partial charge in [-0.25, -0.2) is 4.68 Å². The Kier molecular flexibility index (Phi) is 5.08. The molecule has 0 bridgehead atoms. The lowest BCUT2D eigenvalue weighted by Gasteiger charge is -2.21. The summed E-state index contributed by atoms with van der Waals surface area (Å²) in [6, 6.07) is 7.51. The lowest BCUT2D eigenvalue weighted by Crippen LogP contribution is -2.43. The summed E-state index contributed by atoms with van der Waals surface area (Å²) in [7, 11) is 0. The van der Waals surface area contributed by atoms with E-state index in [1.807, 2.05) is 45.0 Å². The van der Waals surface area contributed by atoms with Gasteiger partial charge in [-0.3, -0.25) is 9.59 Å². The molecule has 1 heterocycles. The summed E-state index contributed by atoms with van der Waals surface area (Å²) in [5.74, 6) is -0.314. The van der Waals surface area contributed by atoms with E-state index in [9.17, 15) is 9.59 Å². The van der Waals surface area contributed by atoms with Crippen LogP contribution in [-0.2, 0) is 16.1 Å². The highest BCUT2D eigenvalue weighted by atomic mass is 16.2. The van der Waals surface area contributed by atoms with Gasteiger partial charge in [0, 0.05) is 12.6 Å². The van der Waals surface area contributed by atoms with Crippen molar-refractivity contribution in [2.24, 2.45) is 0 Å². The van der Waals surface area contributed by atoms with Crippen molar-refractivity contribution in [2.75, 3.05) is 13.1 Å².